The van der Waals surface area contributed by atoms with Gasteiger partial charge >= 0.3 is 0 Å². The van der Waals surface area contributed by atoms with Crippen LogP contribution in [0.25, 0.3) is 10.9 Å². The maximum absolute atomic E-state index is 12.5. The number of halogens is 1. The van der Waals surface area contributed by atoms with Crippen molar-refractivity contribution < 1.29 is 4.79 Å². The Balaban J connectivity index is 1.65. The van der Waals surface area contributed by atoms with Crippen molar-refractivity contribution in [1.82, 2.24) is 15.4 Å². The van der Waals surface area contributed by atoms with Crippen LogP contribution in [0.1, 0.15) is 5.56 Å². The molecule has 0 radical (unpaired) electrons. The number of anilines is 1. The van der Waals surface area contributed by atoms with Crippen molar-refractivity contribution in [2.75, 3.05) is 5.32 Å². The van der Waals surface area contributed by atoms with Gasteiger partial charge in [-0.15, -0.1) is 0 Å². The zero-order valence-corrected chi connectivity index (χ0v) is 14.6. The van der Waals surface area contributed by atoms with Gasteiger partial charge in [0.2, 0.25) is 0 Å². The Bertz CT molecular complexity index is 1020. The molecule has 4 rings (SSSR count). The van der Waals surface area contributed by atoms with Crippen molar-refractivity contribution >= 4 is 34.1 Å². The number of hydrogen-bond donors (Lipinski definition) is 3. The van der Waals surface area contributed by atoms with E-state index < -0.39 is 0 Å². The third-order valence-corrected chi connectivity index (χ3v) is 4.45. The number of fused-ring (bicyclic) bond motifs is 1. The minimum Gasteiger partial charge on any atom is -0.341 e. The normalized spacial score (nSPS) is 13.0. The number of nitrogens with zero attached hydrogens (tertiary/aromatic N) is 1. The van der Waals surface area contributed by atoms with Crippen LogP contribution >= 0.6 is 11.6 Å². The first-order valence-electron chi connectivity index (χ1n) is 8.23. The van der Waals surface area contributed by atoms with Gasteiger partial charge in [0.15, 0.2) is 0 Å². The summed E-state index contributed by atoms with van der Waals surface area (Å²) in [6.45, 7) is 0.693. The van der Waals surface area contributed by atoms with Gasteiger partial charge in [-0.2, -0.15) is 0 Å². The van der Waals surface area contributed by atoms with Crippen molar-refractivity contribution in [3.05, 3.63) is 89.4 Å². The third kappa shape index (κ3) is 3.30. The Morgan fingerprint density at radius 3 is 2.69 bits per heavy atom. The van der Waals surface area contributed by atoms with E-state index >= 15 is 0 Å². The van der Waals surface area contributed by atoms with Gasteiger partial charge in [-0.1, -0.05) is 41.9 Å². The second kappa shape index (κ2) is 6.98. The predicted molar refractivity (Wildman–Crippen MR) is 105 cm³/mol. The summed E-state index contributed by atoms with van der Waals surface area (Å²) in [5.74, 6) is -0.198. The van der Waals surface area contributed by atoms with Crippen molar-refractivity contribution in [3.63, 3.8) is 0 Å². The fraction of sp³-hybridized carbons (Fsp3) is 0.0500. The van der Waals surface area contributed by atoms with Gasteiger partial charge in [-0.3, -0.25) is 10.2 Å². The van der Waals surface area contributed by atoms with Crippen molar-refractivity contribution in [2.24, 2.45) is 0 Å². The number of aromatic nitrogens is 1. The average molecular weight is 365 g/mol. The van der Waals surface area contributed by atoms with E-state index in [2.05, 4.69) is 20.7 Å². The van der Waals surface area contributed by atoms with E-state index in [-0.39, 0.29) is 5.91 Å². The highest BCUT2D eigenvalue weighted by molar-refractivity contribution is 6.30. The van der Waals surface area contributed by atoms with Crippen LogP contribution in [0.2, 0.25) is 5.02 Å². The number of hydrogen-bond acceptors (Lipinski definition) is 3. The number of allylic oxidation sites excluding steroid dienone is 2. The Morgan fingerprint density at radius 2 is 1.92 bits per heavy atom. The van der Waals surface area contributed by atoms with Crippen molar-refractivity contribution in [1.29, 1.82) is 0 Å². The zero-order valence-electron chi connectivity index (χ0n) is 13.9. The van der Waals surface area contributed by atoms with Crippen molar-refractivity contribution in [2.45, 2.75) is 6.54 Å². The molecule has 0 saturated heterocycles. The molecule has 0 spiro atoms. The summed E-state index contributed by atoms with van der Waals surface area (Å²) >= 11 is 5.97. The first-order valence-corrected chi connectivity index (χ1v) is 8.60. The molecular formula is C20H17ClN4O. The fourth-order valence-corrected chi connectivity index (χ4v) is 3.07. The molecule has 6 heteroatoms. The van der Waals surface area contributed by atoms with Crippen LogP contribution in [0.3, 0.4) is 0 Å². The Morgan fingerprint density at radius 1 is 1.12 bits per heavy atom. The van der Waals surface area contributed by atoms with E-state index in [1.807, 2.05) is 54.7 Å². The van der Waals surface area contributed by atoms with Crippen LogP contribution in [-0.4, -0.2) is 10.5 Å². The van der Waals surface area contributed by atoms with Crippen LogP contribution < -0.4 is 16.2 Å². The topological polar surface area (TPSA) is 58.1 Å². The maximum atomic E-state index is 12.5. The molecule has 3 aromatic rings. The first-order chi connectivity index (χ1) is 12.7. The van der Waals surface area contributed by atoms with Crippen LogP contribution in [-0.2, 0) is 11.3 Å². The summed E-state index contributed by atoms with van der Waals surface area (Å²) in [6.07, 6.45) is 7.17. The van der Waals surface area contributed by atoms with E-state index in [9.17, 15) is 4.79 Å². The monoisotopic (exact) mass is 364 g/mol. The van der Waals surface area contributed by atoms with E-state index in [4.69, 9.17) is 11.6 Å². The molecule has 0 bridgehead atoms. The zero-order chi connectivity index (χ0) is 17.9. The molecule has 2 aromatic carbocycles. The number of benzene rings is 2. The van der Waals surface area contributed by atoms with Crippen LogP contribution in [0.5, 0.6) is 0 Å². The summed E-state index contributed by atoms with van der Waals surface area (Å²) in [5, 5.41) is 4.70. The predicted octanol–water partition coefficient (Wildman–Crippen LogP) is 3.79. The third-order valence-electron chi connectivity index (χ3n) is 4.20. The molecule has 1 amide bonds. The Hall–Kier alpha value is -3.18. The molecule has 5 nitrogen and oxygen atoms in total. The van der Waals surface area contributed by atoms with Crippen molar-refractivity contribution in [3.8, 4) is 0 Å². The molecule has 0 saturated carbocycles. The number of nitrogens with one attached hydrogen (secondary N) is 3. The summed E-state index contributed by atoms with van der Waals surface area (Å²) < 4.78 is 2.12. The smallest absolute Gasteiger partial charge is 0.273 e. The summed E-state index contributed by atoms with van der Waals surface area (Å²) in [4.78, 5) is 12.5. The van der Waals surface area contributed by atoms with Crippen LogP contribution in [0, 0.1) is 0 Å². The van der Waals surface area contributed by atoms with Gasteiger partial charge in [-0.25, -0.2) is 0 Å². The summed E-state index contributed by atoms with van der Waals surface area (Å²) in [7, 11) is 0. The molecular weight excluding hydrogens is 348 g/mol. The molecule has 0 atom stereocenters. The number of carbonyl (C=O) groups is 1. The highest BCUT2D eigenvalue weighted by atomic mass is 35.5. The molecule has 0 aliphatic carbocycles. The fourth-order valence-electron chi connectivity index (χ4n) is 2.94. The number of carbonyl (C=O) groups excluding carboxylic acids is 1. The van der Waals surface area contributed by atoms with Crippen LogP contribution in [0.15, 0.2) is 78.8 Å². The van der Waals surface area contributed by atoms with E-state index in [1.165, 1.54) is 0 Å². The highest BCUT2D eigenvalue weighted by Crippen LogP contribution is 2.27. The van der Waals surface area contributed by atoms with E-state index in [1.54, 1.807) is 18.4 Å². The Kier molecular flexibility index (Phi) is 4.37. The summed E-state index contributed by atoms with van der Waals surface area (Å²) in [5.41, 5.74) is 9.07. The van der Waals surface area contributed by atoms with Gasteiger partial charge in [0.25, 0.3) is 5.91 Å². The average Bonchev–Trinajstić information content (AvgIpc) is 3.02. The van der Waals surface area contributed by atoms with Gasteiger partial charge in [0.05, 0.1) is 11.2 Å². The Labute approximate surface area is 155 Å². The van der Waals surface area contributed by atoms with Gasteiger partial charge in [0.1, 0.15) is 5.70 Å². The lowest BCUT2D eigenvalue weighted by Gasteiger charge is -2.12. The van der Waals surface area contributed by atoms with E-state index in [0.29, 0.717) is 12.2 Å². The molecule has 1 aliphatic rings. The quantitative estimate of drug-likeness (QED) is 0.660. The number of hydrazine groups is 1. The standard InChI is InChI=1S/C20H17ClN4O/c21-15-9-7-14(8-10-15)12-25-13-18(16-4-1-2-6-19(16)25)23-20(26)17-5-3-11-22-24-17/h1-11,13,22,24H,12H2,(H,23,26). The first kappa shape index (κ1) is 16.3. The highest BCUT2D eigenvalue weighted by Gasteiger charge is 2.14. The van der Waals surface area contributed by atoms with Gasteiger partial charge in [0, 0.05) is 29.4 Å². The van der Waals surface area contributed by atoms with E-state index in [0.717, 1.165) is 27.2 Å². The molecule has 1 aromatic heterocycles. The van der Waals surface area contributed by atoms with Gasteiger partial charge in [-0.05, 0) is 35.9 Å². The second-order valence-electron chi connectivity index (χ2n) is 5.98. The molecule has 3 N–H and O–H groups in total. The minimum atomic E-state index is -0.198. The SMILES string of the molecule is O=C(Nc1cn(Cc2ccc(Cl)cc2)c2ccccc12)C1=CC=CNN1. The molecule has 0 fully saturated rings. The molecule has 2 heterocycles. The second-order valence-corrected chi connectivity index (χ2v) is 6.41. The lowest BCUT2D eigenvalue weighted by molar-refractivity contribution is -0.113. The summed E-state index contributed by atoms with van der Waals surface area (Å²) in [6, 6.07) is 15.8. The molecule has 0 unspecified atom stereocenters. The lowest BCUT2D eigenvalue weighted by Crippen LogP contribution is -2.34. The maximum Gasteiger partial charge on any atom is 0.273 e. The molecule has 130 valence electrons. The van der Waals surface area contributed by atoms with Gasteiger partial charge < -0.3 is 15.3 Å². The van der Waals surface area contributed by atoms with Crippen LogP contribution in [0.4, 0.5) is 5.69 Å². The molecule has 26 heavy (non-hydrogen) atoms. The number of para-hydroxylation sites is 1. The minimum absolute atomic E-state index is 0.198. The molecule has 1 aliphatic heterocycles. The number of amides is 1. The largest absolute Gasteiger partial charge is 0.341 e. The number of rotatable bonds is 4. The lowest BCUT2D eigenvalue weighted by atomic mass is 10.2.